The molecule has 0 unspecified atom stereocenters. The largest absolute Gasteiger partial charge is 0.872 e. The molecule has 0 amide bonds. The van der Waals surface area contributed by atoms with E-state index >= 15 is 10.2 Å². The van der Waals surface area contributed by atoms with E-state index in [1.54, 1.807) is 0 Å². The molecular weight excluding hydrogens is 560 g/mol. The first-order valence-electron chi connectivity index (χ1n) is 16.7. The van der Waals surface area contributed by atoms with Gasteiger partial charge in [-0.1, -0.05) is 152 Å². The third-order valence-electron chi connectivity index (χ3n) is 9.54. The van der Waals surface area contributed by atoms with Crippen molar-refractivity contribution in [1.29, 1.82) is 0 Å². The Labute approximate surface area is 274 Å². The third kappa shape index (κ3) is 5.24. The normalized spacial score (nSPS) is 12.0. The van der Waals surface area contributed by atoms with E-state index in [-0.39, 0.29) is 35.2 Å². The predicted octanol–water partition coefficient (Wildman–Crippen LogP) is 11.6. The molecule has 0 fully saturated rings. The van der Waals surface area contributed by atoms with Crippen molar-refractivity contribution in [2.24, 2.45) is 0 Å². The highest BCUT2D eigenvalue weighted by Gasteiger charge is 2.23. The van der Waals surface area contributed by atoms with Crippen LogP contribution < -0.4 is 10.2 Å². The minimum Gasteiger partial charge on any atom is -0.872 e. The number of rotatable bonds is 7. The van der Waals surface area contributed by atoms with Gasteiger partial charge in [-0.3, -0.25) is 0 Å². The van der Waals surface area contributed by atoms with Gasteiger partial charge in [0.1, 0.15) is 0 Å². The maximum atomic E-state index is 15.2. The maximum Gasteiger partial charge on any atom is -0.0111 e. The number of benzene rings is 6. The number of hydrogen-bond donors (Lipinski definition) is 0. The first-order valence-corrected chi connectivity index (χ1v) is 16.7. The molecule has 0 atom stereocenters. The number of fused-ring (bicyclic) bond motifs is 2. The lowest BCUT2D eigenvalue weighted by Gasteiger charge is -2.31. The SMILES string of the molecule is CC(C)c1cccc(C(C)C)c1-c1cc2ccccc2c(-c2c([O-])c(-c3c(C(C)C)cccc3C(C)C)cc3ccccc23)c1[O-]. The molecule has 0 bridgehead atoms. The number of hydrogen-bond acceptors (Lipinski definition) is 2. The molecular formula is C44H44O2-2. The van der Waals surface area contributed by atoms with Crippen LogP contribution in [0.3, 0.4) is 0 Å². The molecule has 0 N–H and O–H groups in total. The summed E-state index contributed by atoms with van der Waals surface area (Å²) in [6, 6.07) is 33.0. The van der Waals surface area contributed by atoms with Crippen molar-refractivity contribution in [3.05, 3.63) is 119 Å². The first-order chi connectivity index (χ1) is 22.0. The van der Waals surface area contributed by atoms with E-state index in [4.69, 9.17) is 0 Å². The highest BCUT2D eigenvalue weighted by atomic mass is 16.3. The van der Waals surface area contributed by atoms with Crippen LogP contribution in [0.1, 0.15) is 101 Å². The maximum absolute atomic E-state index is 15.2. The Morgan fingerprint density at radius 3 is 0.978 bits per heavy atom. The monoisotopic (exact) mass is 604 g/mol. The summed E-state index contributed by atoms with van der Waals surface area (Å²) >= 11 is 0. The van der Waals surface area contributed by atoms with E-state index < -0.39 is 0 Å². The van der Waals surface area contributed by atoms with E-state index in [1.165, 1.54) is 0 Å². The van der Waals surface area contributed by atoms with Crippen LogP contribution in [0.5, 0.6) is 11.5 Å². The Balaban J connectivity index is 1.81. The molecule has 6 rings (SSSR count). The van der Waals surface area contributed by atoms with Crippen molar-refractivity contribution in [2.45, 2.75) is 79.1 Å². The quantitative estimate of drug-likeness (QED) is 0.182. The lowest BCUT2D eigenvalue weighted by molar-refractivity contribution is -0.269. The van der Waals surface area contributed by atoms with Gasteiger partial charge in [0.05, 0.1) is 0 Å². The predicted molar refractivity (Wildman–Crippen MR) is 193 cm³/mol. The van der Waals surface area contributed by atoms with Gasteiger partial charge >= 0.3 is 0 Å². The van der Waals surface area contributed by atoms with Crippen LogP contribution in [0.25, 0.3) is 54.9 Å². The van der Waals surface area contributed by atoms with Crippen molar-refractivity contribution < 1.29 is 10.2 Å². The lowest BCUT2D eigenvalue weighted by atomic mass is 9.80. The van der Waals surface area contributed by atoms with E-state index in [0.29, 0.717) is 22.3 Å². The second-order valence-electron chi connectivity index (χ2n) is 13.9. The first kappa shape index (κ1) is 31.4. The Morgan fingerprint density at radius 2 is 0.674 bits per heavy atom. The standard InChI is InChI=1S/C44H46O2/c1-25(2)31-19-13-20-32(26(3)4)39(31)37-23-29-15-9-11-17-35(29)41(43(37)45)42-36-18-12-10-16-30(36)24-38(44(42)46)40-33(27(5)6)21-14-22-34(40)28(7)8/h9-28,45-46H,1-8H3/p-2. The van der Waals surface area contributed by atoms with E-state index in [0.717, 1.165) is 54.9 Å². The van der Waals surface area contributed by atoms with Gasteiger partial charge in [0.2, 0.25) is 0 Å². The van der Waals surface area contributed by atoms with Crippen LogP contribution in [0.4, 0.5) is 0 Å². The topological polar surface area (TPSA) is 46.1 Å². The molecule has 6 aromatic rings. The van der Waals surface area contributed by atoms with Crippen molar-refractivity contribution in [3.63, 3.8) is 0 Å². The fourth-order valence-electron chi connectivity index (χ4n) is 7.25. The smallest absolute Gasteiger partial charge is 0.0111 e. The highest BCUT2D eigenvalue weighted by molar-refractivity contribution is 6.14. The van der Waals surface area contributed by atoms with Gasteiger partial charge < -0.3 is 10.2 Å². The molecule has 0 aliphatic heterocycles. The van der Waals surface area contributed by atoms with Crippen molar-refractivity contribution in [3.8, 4) is 44.9 Å². The second-order valence-corrected chi connectivity index (χ2v) is 13.9. The molecule has 0 aliphatic carbocycles. The summed E-state index contributed by atoms with van der Waals surface area (Å²) in [7, 11) is 0. The van der Waals surface area contributed by atoms with Crippen LogP contribution in [0, 0.1) is 0 Å². The zero-order chi connectivity index (χ0) is 32.9. The van der Waals surface area contributed by atoms with Crippen LogP contribution in [-0.4, -0.2) is 0 Å². The molecule has 0 radical (unpaired) electrons. The highest BCUT2D eigenvalue weighted by Crippen LogP contribution is 2.52. The van der Waals surface area contributed by atoms with Crippen LogP contribution >= 0.6 is 0 Å². The van der Waals surface area contributed by atoms with Crippen LogP contribution in [0.15, 0.2) is 97.1 Å². The van der Waals surface area contributed by atoms with Gasteiger partial charge in [-0.2, -0.15) is 0 Å². The lowest BCUT2D eigenvalue weighted by Crippen LogP contribution is -2.07. The average molecular weight is 605 g/mol. The second kappa shape index (κ2) is 12.3. The van der Waals surface area contributed by atoms with Crippen molar-refractivity contribution in [2.75, 3.05) is 0 Å². The molecule has 0 heterocycles. The van der Waals surface area contributed by atoms with E-state index in [1.807, 2.05) is 36.4 Å². The molecule has 0 saturated carbocycles. The molecule has 0 saturated heterocycles. The Morgan fingerprint density at radius 1 is 0.370 bits per heavy atom. The summed E-state index contributed by atoms with van der Waals surface area (Å²) in [6.07, 6.45) is 0. The van der Waals surface area contributed by atoms with Gasteiger partial charge in [0.25, 0.3) is 0 Å². The van der Waals surface area contributed by atoms with Gasteiger partial charge in [0.15, 0.2) is 0 Å². The molecule has 0 aliphatic rings. The van der Waals surface area contributed by atoms with Crippen LogP contribution in [0.2, 0.25) is 0 Å². The Kier molecular flexibility index (Phi) is 8.42. The van der Waals surface area contributed by atoms with Gasteiger partial charge in [-0.25, -0.2) is 0 Å². The Bertz CT molecular complexity index is 1870. The molecule has 46 heavy (non-hydrogen) atoms. The average Bonchev–Trinajstić information content (AvgIpc) is 3.04. The zero-order valence-corrected chi connectivity index (χ0v) is 28.4. The molecule has 6 aromatic carbocycles. The van der Waals surface area contributed by atoms with E-state index in [9.17, 15) is 0 Å². The Hall–Kier alpha value is -4.56. The summed E-state index contributed by atoms with van der Waals surface area (Å²) in [5.41, 5.74) is 8.94. The summed E-state index contributed by atoms with van der Waals surface area (Å²) < 4.78 is 0. The van der Waals surface area contributed by atoms with Crippen molar-refractivity contribution in [1.82, 2.24) is 0 Å². The fourth-order valence-corrected chi connectivity index (χ4v) is 7.25. The third-order valence-corrected chi connectivity index (χ3v) is 9.54. The molecule has 234 valence electrons. The van der Waals surface area contributed by atoms with Gasteiger partial charge in [0, 0.05) is 0 Å². The fraction of sp³-hybridized carbons (Fsp3) is 0.273. The summed E-state index contributed by atoms with van der Waals surface area (Å²) in [5.74, 6) is 0.727. The van der Waals surface area contributed by atoms with Crippen molar-refractivity contribution >= 4 is 21.5 Å². The minimum atomic E-state index is -0.0886. The summed E-state index contributed by atoms with van der Waals surface area (Å²) in [4.78, 5) is 0. The summed E-state index contributed by atoms with van der Waals surface area (Å²) in [5, 5.41) is 33.9. The summed E-state index contributed by atoms with van der Waals surface area (Å²) in [6.45, 7) is 17.4. The van der Waals surface area contributed by atoms with Gasteiger partial charge in [-0.05, 0) is 113 Å². The molecule has 0 aromatic heterocycles. The molecule has 2 heteroatoms. The molecule has 2 nitrogen and oxygen atoms in total. The van der Waals surface area contributed by atoms with E-state index in [2.05, 4.69) is 116 Å². The molecule has 0 spiro atoms. The van der Waals surface area contributed by atoms with Gasteiger partial charge in [-0.15, -0.1) is 0 Å². The van der Waals surface area contributed by atoms with Crippen LogP contribution in [-0.2, 0) is 0 Å². The zero-order valence-electron chi connectivity index (χ0n) is 28.4. The minimum absolute atomic E-state index is 0.0886.